The maximum Gasteiger partial charge on any atom is 0.325 e. The number of nitrogens with one attached hydrogen (secondary N) is 2. The number of hydrogen-bond donors (Lipinski definition) is 4. The van der Waals surface area contributed by atoms with Crippen LogP contribution in [-0.4, -0.2) is 62.9 Å². The molecule has 194 valence electrons. The van der Waals surface area contributed by atoms with Crippen molar-refractivity contribution in [2.24, 2.45) is 0 Å². The summed E-state index contributed by atoms with van der Waals surface area (Å²) in [7, 11) is 0. The monoisotopic (exact) mass is 500 g/mol. The molecule has 0 spiro atoms. The minimum absolute atomic E-state index is 0.0106. The van der Waals surface area contributed by atoms with Gasteiger partial charge >= 0.3 is 6.03 Å². The summed E-state index contributed by atoms with van der Waals surface area (Å²) in [4.78, 5) is 31.6. The van der Waals surface area contributed by atoms with E-state index in [1.165, 1.54) is 12.3 Å². The van der Waals surface area contributed by atoms with Crippen LogP contribution < -0.4 is 10.1 Å². The lowest BCUT2D eigenvalue weighted by Gasteiger charge is -2.18. The van der Waals surface area contributed by atoms with Gasteiger partial charge in [0.05, 0.1) is 31.1 Å². The summed E-state index contributed by atoms with van der Waals surface area (Å²) in [6, 6.07) is 13.1. The molecule has 10 heteroatoms. The predicted octanol–water partition coefficient (Wildman–Crippen LogP) is 3.58. The summed E-state index contributed by atoms with van der Waals surface area (Å²) in [5.74, 6) is 0.472. The molecule has 4 rings (SSSR count). The van der Waals surface area contributed by atoms with Gasteiger partial charge in [-0.15, -0.1) is 0 Å². The highest BCUT2D eigenvalue weighted by atomic mass is 19.1. The lowest BCUT2D eigenvalue weighted by atomic mass is 10.1. The second-order valence-electron chi connectivity index (χ2n) is 7.72. The maximum absolute atomic E-state index is 14.0. The van der Waals surface area contributed by atoms with Gasteiger partial charge in [-0.2, -0.15) is 0 Å². The predicted molar refractivity (Wildman–Crippen MR) is 134 cm³/mol. The van der Waals surface area contributed by atoms with E-state index in [1.807, 2.05) is 39.0 Å². The molecule has 0 aliphatic carbocycles. The zero-order chi connectivity index (χ0) is 26.7. The molecule has 1 aromatic heterocycles. The number of carbonyl (C=O) groups excluding carboxylic acids is 2. The van der Waals surface area contributed by atoms with Crippen LogP contribution in [-0.2, 0) is 4.79 Å². The molecule has 9 nitrogen and oxygen atoms in total. The van der Waals surface area contributed by atoms with Crippen LogP contribution in [0.2, 0.25) is 0 Å². The molecule has 1 unspecified atom stereocenters. The summed E-state index contributed by atoms with van der Waals surface area (Å²) < 4.78 is 19.1. The lowest BCUT2D eigenvalue weighted by molar-refractivity contribution is -0.126. The first-order chi connectivity index (χ1) is 17.3. The van der Waals surface area contributed by atoms with E-state index in [1.54, 1.807) is 31.2 Å². The smallest absolute Gasteiger partial charge is 0.325 e. The average molecular weight is 501 g/mol. The number of aryl methyl sites for hydroxylation is 1. The van der Waals surface area contributed by atoms with Crippen LogP contribution in [0.4, 0.5) is 9.18 Å². The molecule has 0 bridgehead atoms. The summed E-state index contributed by atoms with van der Waals surface area (Å²) in [5.41, 5.74) is 1.73. The summed E-state index contributed by atoms with van der Waals surface area (Å²) >= 11 is 0. The number of para-hydroxylation sites is 1. The van der Waals surface area contributed by atoms with Crippen LogP contribution in [0.25, 0.3) is 11.3 Å². The second kappa shape index (κ2) is 14.0. The Morgan fingerprint density at radius 3 is 2.44 bits per heavy atom. The van der Waals surface area contributed by atoms with E-state index >= 15 is 0 Å². The molecule has 1 aliphatic rings. The molecule has 1 aliphatic heterocycles. The number of halogens is 1. The van der Waals surface area contributed by atoms with E-state index in [-0.39, 0.29) is 31.5 Å². The van der Waals surface area contributed by atoms with Crippen LogP contribution in [0.5, 0.6) is 5.75 Å². The SMILES string of the molecule is CC.Cc1ccc(-c2cnc([C@H](C)N3C(=O)CNC3=O)[nH]2)c(F)c1.OCC(O)COc1ccccc1. The molecular formula is C26H33FN4O5. The Balaban J connectivity index is 0.000000277. The van der Waals surface area contributed by atoms with Crippen molar-refractivity contribution in [2.45, 2.75) is 39.8 Å². The zero-order valence-electron chi connectivity index (χ0n) is 20.9. The Labute approximate surface area is 209 Å². The number of aromatic amines is 1. The van der Waals surface area contributed by atoms with Crippen molar-refractivity contribution < 1.29 is 28.9 Å². The van der Waals surface area contributed by atoms with Gasteiger partial charge in [-0.25, -0.2) is 14.2 Å². The maximum atomic E-state index is 14.0. The van der Waals surface area contributed by atoms with Gasteiger partial charge in [-0.05, 0) is 43.7 Å². The van der Waals surface area contributed by atoms with E-state index in [4.69, 9.17) is 14.9 Å². The van der Waals surface area contributed by atoms with Crippen LogP contribution >= 0.6 is 0 Å². The fraction of sp³-hybridized carbons (Fsp3) is 0.346. The van der Waals surface area contributed by atoms with Gasteiger partial charge in [0.25, 0.3) is 5.91 Å². The average Bonchev–Trinajstić information content (AvgIpc) is 3.51. The minimum atomic E-state index is -0.801. The number of imidazole rings is 1. The molecule has 0 saturated carbocycles. The normalized spacial score (nSPS) is 14.1. The number of hydrogen-bond acceptors (Lipinski definition) is 6. The van der Waals surface area contributed by atoms with Gasteiger partial charge in [0.1, 0.15) is 30.1 Å². The van der Waals surface area contributed by atoms with E-state index in [0.29, 0.717) is 22.8 Å². The molecule has 0 radical (unpaired) electrons. The summed E-state index contributed by atoms with van der Waals surface area (Å²) in [6.07, 6.45) is 0.697. The van der Waals surface area contributed by atoms with Crippen LogP contribution in [0, 0.1) is 12.7 Å². The minimum Gasteiger partial charge on any atom is -0.491 e. The number of urea groups is 1. The van der Waals surface area contributed by atoms with Crippen molar-refractivity contribution in [3.8, 4) is 17.0 Å². The third kappa shape index (κ3) is 7.62. The van der Waals surface area contributed by atoms with E-state index in [0.717, 1.165) is 10.5 Å². The quantitative estimate of drug-likeness (QED) is 0.367. The van der Waals surface area contributed by atoms with Crippen LogP contribution in [0.1, 0.15) is 38.2 Å². The number of imide groups is 1. The van der Waals surface area contributed by atoms with Crippen molar-refractivity contribution in [3.63, 3.8) is 0 Å². The first kappa shape index (κ1) is 28.5. The van der Waals surface area contributed by atoms with Gasteiger partial charge in [-0.1, -0.05) is 38.1 Å². The zero-order valence-corrected chi connectivity index (χ0v) is 20.9. The number of aliphatic hydroxyl groups excluding tert-OH is 2. The number of H-pyrrole nitrogens is 1. The van der Waals surface area contributed by atoms with Crippen LogP contribution in [0.3, 0.4) is 0 Å². The molecule has 2 heterocycles. The number of aliphatic hydroxyl groups is 2. The highest BCUT2D eigenvalue weighted by Crippen LogP contribution is 2.26. The number of rotatable bonds is 7. The molecule has 3 amide bonds. The molecular weight excluding hydrogens is 467 g/mol. The lowest BCUT2D eigenvalue weighted by Crippen LogP contribution is -2.34. The highest BCUT2D eigenvalue weighted by Gasteiger charge is 2.34. The summed E-state index contributed by atoms with van der Waals surface area (Å²) in [5, 5.41) is 19.9. The Morgan fingerprint density at radius 1 is 1.17 bits per heavy atom. The van der Waals surface area contributed by atoms with Crippen LogP contribution in [0.15, 0.2) is 54.7 Å². The van der Waals surface area contributed by atoms with Crippen molar-refractivity contribution in [3.05, 3.63) is 71.9 Å². The first-order valence-corrected chi connectivity index (χ1v) is 11.7. The van der Waals surface area contributed by atoms with Crippen molar-refractivity contribution in [1.29, 1.82) is 0 Å². The highest BCUT2D eigenvalue weighted by molar-refractivity contribution is 6.02. The number of aromatic nitrogens is 2. The molecule has 2 atom stereocenters. The molecule has 3 aromatic rings. The van der Waals surface area contributed by atoms with Gasteiger partial charge in [-0.3, -0.25) is 9.69 Å². The van der Waals surface area contributed by atoms with Gasteiger partial charge in [0, 0.05) is 5.56 Å². The number of amides is 3. The van der Waals surface area contributed by atoms with E-state index in [2.05, 4.69) is 15.3 Å². The Morgan fingerprint density at radius 2 is 1.86 bits per heavy atom. The van der Waals surface area contributed by atoms with Crippen molar-refractivity contribution >= 4 is 11.9 Å². The Kier molecular flexibility index (Phi) is 11.0. The third-order valence-corrected chi connectivity index (χ3v) is 5.07. The molecule has 36 heavy (non-hydrogen) atoms. The fourth-order valence-corrected chi connectivity index (χ4v) is 3.24. The van der Waals surface area contributed by atoms with E-state index < -0.39 is 18.2 Å². The molecule has 2 aromatic carbocycles. The number of nitrogens with zero attached hydrogens (tertiary/aromatic N) is 2. The van der Waals surface area contributed by atoms with Gasteiger partial charge in [0.15, 0.2) is 0 Å². The first-order valence-electron chi connectivity index (χ1n) is 11.7. The number of benzene rings is 2. The Hall–Kier alpha value is -3.76. The molecule has 1 saturated heterocycles. The van der Waals surface area contributed by atoms with Crippen molar-refractivity contribution in [1.82, 2.24) is 20.2 Å². The number of ether oxygens (including phenoxy) is 1. The Bertz CT molecular complexity index is 1110. The van der Waals surface area contributed by atoms with Gasteiger partial charge in [0.2, 0.25) is 0 Å². The van der Waals surface area contributed by atoms with Gasteiger partial charge < -0.3 is 25.3 Å². The standard InChI is InChI=1S/C15H15FN4O2.C9H12O3.C2H6/c1-8-3-4-10(11(16)5-8)12-6-17-14(19-12)9(2)20-13(21)7-18-15(20)22;10-6-8(11)7-12-9-4-2-1-3-5-9;1-2/h3-6,9H,7H2,1-2H3,(H,17,19)(H,18,22);1-5,8,10-11H,6-7H2;1-2H3/t9-;;/m0../s1. The van der Waals surface area contributed by atoms with Crippen molar-refractivity contribution in [2.75, 3.05) is 19.8 Å². The van der Waals surface area contributed by atoms with E-state index in [9.17, 15) is 14.0 Å². The fourth-order valence-electron chi connectivity index (χ4n) is 3.24. The third-order valence-electron chi connectivity index (χ3n) is 5.07. The molecule has 4 N–H and O–H groups in total. The topological polar surface area (TPSA) is 128 Å². The molecule has 1 fully saturated rings. The number of carbonyl (C=O) groups is 2. The second-order valence-corrected chi connectivity index (χ2v) is 7.72. The largest absolute Gasteiger partial charge is 0.491 e. The summed E-state index contributed by atoms with van der Waals surface area (Å²) in [6.45, 7) is 7.35.